The van der Waals surface area contributed by atoms with Crippen LogP contribution in [-0.2, 0) is 0 Å². The quantitative estimate of drug-likeness (QED) is 0.895. The van der Waals surface area contributed by atoms with E-state index in [-0.39, 0.29) is 5.01 Å². The van der Waals surface area contributed by atoms with E-state index in [0.29, 0.717) is 10.8 Å². The Morgan fingerprint density at radius 2 is 2.25 bits per heavy atom. The largest absolute Gasteiger partial charge is 0.476 e. The Bertz CT molecular complexity index is 554. The highest BCUT2D eigenvalue weighted by Gasteiger charge is 2.12. The van der Waals surface area contributed by atoms with Gasteiger partial charge in [0.05, 0.1) is 0 Å². The van der Waals surface area contributed by atoms with Gasteiger partial charge in [-0.05, 0) is 30.1 Å². The molecule has 1 aromatic carbocycles. The van der Waals surface area contributed by atoms with Crippen LogP contribution in [0.4, 0.5) is 0 Å². The number of hydrogen-bond donors (Lipinski definition) is 1. The SMILES string of the molecule is Cc1ccc(-c2nsc(C(=O)O)n2)cc1Cl. The standard InChI is InChI=1S/C10H7ClN2O2S/c1-5-2-3-6(4-7(5)11)8-12-9(10(14)15)16-13-8/h2-4H,1H3,(H,14,15). The third-order valence-electron chi connectivity index (χ3n) is 2.04. The Morgan fingerprint density at radius 1 is 1.50 bits per heavy atom. The molecule has 6 heteroatoms. The molecular formula is C10H7ClN2O2S. The molecule has 0 aliphatic heterocycles. The minimum absolute atomic E-state index is 0.0216. The van der Waals surface area contributed by atoms with E-state index in [9.17, 15) is 4.79 Å². The van der Waals surface area contributed by atoms with Gasteiger partial charge in [0, 0.05) is 10.6 Å². The summed E-state index contributed by atoms with van der Waals surface area (Å²) in [6.07, 6.45) is 0. The van der Waals surface area contributed by atoms with Crippen molar-refractivity contribution in [2.45, 2.75) is 6.92 Å². The first-order chi connectivity index (χ1) is 7.58. The molecule has 0 fully saturated rings. The molecule has 1 aromatic heterocycles. The van der Waals surface area contributed by atoms with Crippen molar-refractivity contribution in [1.29, 1.82) is 0 Å². The number of aryl methyl sites for hydroxylation is 1. The van der Waals surface area contributed by atoms with Gasteiger partial charge in [0.2, 0.25) is 5.01 Å². The highest BCUT2D eigenvalue weighted by Crippen LogP contribution is 2.24. The van der Waals surface area contributed by atoms with Crippen molar-refractivity contribution in [3.8, 4) is 11.4 Å². The summed E-state index contributed by atoms with van der Waals surface area (Å²) in [6, 6.07) is 5.39. The van der Waals surface area contributed by atoms with Gasteiger partial charge in [0.25, 0.3) is 0 Å². The lowest BCUT2D eigenvalue weighted by Gasteiger charge is -1.99. The molecule has 2 rings (SSSR count). The van der Waals surface area contributed by atoms with Gasteiger partial charge >= 0.3 is 5.97 Å². The smallest absolute Gasteiger partial charge is 0.366 e. The summed E-state index contributed by atoms with van der Waals surface area (Å²) in [5.41, 5.74) is 1.68. The molecule has 0 aliphatic rings. The fourth-order valence-electron chi connectivity index (χ4n) is 1.16. The van der Waals surface area contributed by atoms with Crippen molar-refractivity contribution in [1.82, 2.24) is 9.36 Å². The van der Waals surface area contributed by atoms with Crippen LogP contribution in [0, 0.1) is 6.92 Å². The number of carboxylic acids is 1. The average Bonchev–Trinajstić information content (AvgIpc) is 2.71. The van der Waals surface area contributed by atoms with E-state index in [2.05, 4.69) is 9.36 Å². The van der Waals surface area contributed by atoms with Gasteiger partial charge in [-0.1, -0.05) is 23.7 Å². The monoisotopic (exact) mass is 254 g/mol. The summed E-state index contributed by atoms with van der Waals surface area (Å²) >= 11 is 6.82. The number of halogens is 1. The molecule has 0 spiro atoms. The highest BCUT2D eigenvalue weighted by molar-refractivity contribution is 7.07. The summed E-state index contributed by atoms with van der Waals surface area (Å²) in [4.78, 5) is 14.5. The zero-order chi connectivity index (χ0) is 11.7. The summed E-state index contributed by atoms with van der Waals surface area (Å²) in [5.74, 6) is -0.675. The van der Waals surface area contributed by atoms with Gasteiger partial charge in [-0.2, -0.15) is 4.37 Å². The van der Waals surface area contributed by atoms with E-state index in [0.717, 1.165) is 22.7 Å². The Labute approximate surface area is 101 Å². The number of aromatic carboxylic acids is 1. The molecule has 1 N–H and O–H groups in total. The minimum atomic E-state index is -1.07. The lowest BCUT2D eigenvalue weighted by molar-refractivity contribution is 0.0696. The summed E-state index contributed by atoms with van der Waals surface area (Å²) in [7, 11) is 0. The van der Waals surface area contributed by atoms with Crippen LogP contribution in [0.15, 0.2) is 18.2 Å². The molecule has 0 radical (unpaired) electrons. The van der Waals surface area contributed by atoms with Crippen LogP contribution >= 0.6 is 23.1 Å². The fraction of sp³-hybridized carbons (Fsp3) is 0.100. The molecule has 0 atom stereocenters. The number of aromatic nitrogens is 2. The number of carbonyl (C=O) groups is 1. The summed E-state index contributed by atoms with van der Waals surface area (Å²) in [5, 5.41) is 9.32. The van der Waals surface area contributed by atoms with Crippen LogP contribution in [0.2, 0.25) is 5.02 Å². The van der Waals surface area contributed by atoms with Gasteiger partial charge in [-0.25, -0.2) is 9.78 Å². The van der Waals surface area contributed by atoms with Crippen LogP contribution in [-0.4, -0.2) is 20.4 Å². The van der Waals surface area contributed by atoms with Crippen LogP contribution in [0.1, 0.15) is 15.4 Å². The van der Waals surface area contributed by atoms with E-state index >= 15 is 0 Å². The normalized spacial score (nSPS) is 10.4. The number of carboxylic acid groups (broad SMARTS) is 1. The topological polar surface area (TPSA) is 63.1 Å². The molecule has 2 aromatic rings. The first-order valence-corrected chi connectivity index (χ1v) is 5.56. The second-order valence-corrected chi connectivity index (χ2v) is 4.35. The molecule has 0 saturated heterocycles. The predicted octanol–water partition coefficient (Wildman–Crippen LogP) is 2.87. The molecule has 0 bridgehead atoms. The van der Waals surface area contributed by atoms with Crippen molar-refractivity contribution in [2.24, 2.45) is 0 Å². The molecule has 1 heterocycles. The fourth-order valence-corrected chi connectivity index (χ4v) is 1.86. The Hall–Kier alpha value is -1.46. The van der Waals surface area contributed by atoms with Crippen LogP contribution in [0.25, 0.3) is 11.4 Å². The number of hydrogen-bond acceptors (Lipinski definition) is 4. The van der Waals surface area contributed by atoms with Crippen molar-refractivity contribution < 1.29 is 9.90 Å². The third kappa shape index (κ3) is 2.05. The van der Waals surface area contributed by atoms with Gasteiger partial charge in [0.15, 0.2) is 5.82 Å². The van der Waals surface area contributed by atoms with E-state index in [1.807, 2.05) is 19.1 Å². The van der Waals surface area contributed by atoms with Gasteiger partial charge in [-0.15, -0.1) is 0 Å². The first kappa shape index (κ1) is 11.0. The zero-order valence-corrected chi connectivity index (χ0v) is 9.84. The molecule has 82 valence electrons. The molecule has 0 saturated carbocycles. The maximum Gasteiger partial charge on any atom is 0.366 e. The summed E-state index contributed by atoms with van der Waals surface area (Å²) < 4.78 is 3.97. The van der Waals surface area contributed by atoms with Gasteiger partial charge in [-0.3, -0.25) is 0 Å². The first-order valence-electron chi connectivity index (χ1n) is 4.41. The molecule has 0 unspecified atom stereocenters. The van der Waals surface area contributed by atoms with Crippen molar-refractivity contribution in [3.63, 3.8) is 0 Å². The average molecular weight is 255 g/mol. The van der Waals surface area contributed by atoms with Crippen LogP contribution in [0.3, 0.4) is 0 Å². The molecule has 4 nitrogen and oxygen atoms in total. The maximum absolute atomic E-state index is 10.6. The Morgan fingerprint density at radius 3 is 2.81 bits per heavy atom. The predicted molar refractivity (Wildman–Crippen MR) is 62.1 cm³/mol. The number of benzene rings is 1. The second kappa shape index (κ2) is 4.19. The molecule has 16 heavy (non-hydrogen) atoms. The van der Waals surface area contributed by atoms with Gasteiger partial charge in [0.1, 0.15) is 0 Å². The van der Waals surface area contributed by atoms with E-state index in [4.69, 9.17) is 16.7 Å². The molecule has 0 aliphatic carbocycles. The Kier molecular flexibility index (Phi) is 2.89. The Balaban J connectivity index is 2.42. The highest BCUT2D eigenvalue weighted by atomic mass is 35.5. The number of rotatable bonds is 2. The van der Waals surface area contributed by atoms with Crippen LogP contribution in [0.5, 0.6) is 0 Å². The van der Waals surface area contributed by atoms with E-state index in [1.54, 1.807) is 6.07 Å². The van der Waals surface area contributed by atoms with Gasteiger partial charge < -0.3 is 5.11 Å². The van der Waals surface area contributed by atoms with Crippen LogP contribution < -0.4 is 0 Å². The second-order valence-electron chi connectivity index (χ2n) is 3.19. The zero-order valence-electron chi connectivity index (χ0n) is 8.27. The van der Waals surface area contributed by atoms with Crippen molar-refractivity contribution in [3.05, 3.63) is 33.8 Å². The lowest BCUT2D eigenvalue weighted by Crippen LogP contribution is -1.94. The molecule has 0 amide bonds. The number of nitrogens with zero attached hydrogens (tertiary/aromatic N) is 2. The minimum Gasteiger partial charge on any atom is -0.476 e. The lowest BCUT2D eigenvalue weighted by atomic mass is 10.1. The van der Waals surface area contributed by atoms with Crippen molar-refractivity contribution >= 4 is 29.1 Å². The summed E-state index contributed by atoms with van der Waals surface area (Å²) in [6.45, 7) is 1.89. The third-order valence-corrected chi connectivity index (χ3v) is 3.15. The van der Waals surface area contributed by atoms with E-state index < -0.39 is 5.97 Å². The maximum atomic E-state index is 10.6. The molecular weight excluding hydrogens is 248 g/mol. The van der Waals surface area contributed by atoms with E-state index in [1.165, 1.54) is 0 Å². The van der Waals surface area contributed by atoms with Crippen molar-refractivity contribution in [2.75, 3.05) is 0 Å².